The van der Waals surface area contributed by atoms with Gasteiger partial charge in [0.1, 0.15) is 0 Å². The van der Waals surface area contributed by atoms with Crippen molar-refractivity contribution in [1.82, 2.24) is 0 Å². The predicted molar refractivity (Wildman–Crippen MR) is 59.9 cm³/mol. The lowest BCUT2D eigenvalue weighted by Gasteiger charge is -2.12. The average Bonchev–Trinajstić information content (AvgIpc) is 1.98. The Hall–Kier alpha value is -0.240. The summed E-state index contributed by atoms with van der Waals surface area (Å²) >= 11 is 4.46. The molecule has 0 saturated carbocycles. The molecule has 0 aromatic carbocycles. The fourth-order valence-electron chi connectivity index (χ4n) is 0.946. The van der Waals surface area contributed by atoms with Crippen molar-refractivity contribution in [2.45, 2.75) is 34.6 Å². The van der Waals surface area contributed by atoms with Gasteiger partial charge in [-0.2, -0.15) is 0 Å². The van der Waals surface area contributed by atoms with Crippen molar-refractivity contribution in [3.8, 4) is 0 Å². The van der Waals surface area contributed by atoms with E-state index in [1.807, 2.05) is 13.1 Å². The lowest BCUT2D eigenvalue weighted by Crippen LogP contribution is -1.98. The molecule has 0 unspecified atom stereocenters. The first-order valence-corrected chi connectivity index (χ1v) is 4.87. The summed E-state index contributed by atoms with van der Waals surface area (Å²) in [5.41, 5.74) is 1.11. The van der Waals surface area contributed by atoms with Crippen molar-refractivity contribution in [2.75, 3.05) is 0 Å². The van der Waals surface area contributed by atoms with Gasteiger partial charge in [-0.15, -0.1) is 12.6 Å². The van der Waals surface area contributed by atoms with Crippen LogP contribution in [-0.2, 0) is 0 Å². The molecule has 0 N–H and O–H groups in total. The van der Waals surface area contributed by atoms with Gasteiger partial charge in [0.05, 0.1) is 5.70 Å². The molecule has 0 spiro atoms. The Morgan fingerprint density at radius 2 is 1.67 bits per heavy atom. The van der Waals surface area contributed by atoms with Crippen molar-refractivity contribution >= 4 is 18.8 Å². The van der Waals surface area contributed by atoms with E-state index in [1.165, 1.54) is 0 Å². The molecule has 2 heteroatoms. The second-order valence-corrected chi connectivity index (χ2v) is 3.95. The van der Waals surface area contributed by atoms with Crippen LogP contribution in [0, 0.1) is 11.8 Å². The summed E-state index contributed by atoms with van der Waals surface area (Å²) in [4.78, 5) is 5.42. The number of rotatable bonds is 3. The van der Waals surface area contributed by atoms with Gasteiger partial charge >= 0.3 is 0 Å². The highest BCUT2D eigenvalue weighted by Gasteiger charge is 2.08. The second-order valence-electron chi connectivity index (χ2n) is 3.47. The molecule has 12 heavy (non-hydrogen) atoms. The molecule has 0 heterocycles. The fourth-order valence-corrected chi connectivity index (χ4v) is 1.26. The molecule has 0 fully saturated rings. The minimum atomic E-state index is 0.455. The number of nitrogens with zero attached hydrogens (tertiary/aromatic N) is 1. The van der Waals surface area contributed by atoms with Gasteiger partial charge in [-0.05, 0) is 18.8 Å². The molecule has 0 aliphatic heterocycles. The van der Waals surface area contributed by atoms with Crippen LogP contribution < -0.4 is 0 Å². The topological polar surface area (TPSA) is 12.4 Å². The lowest BCUT2D eigenvalue weighted by atomic mass is 10.1. The largest absolute Gasteiger partial charge is 0.265 e. The molecule has 0 radical (unpaired) electrons. The molecule has 0 rings (SSSR count). The zero-order valence-corrected chi connectivity index (χ0v) is 9.52. The van der Waals surface area contributed by atoms with Gasteiger partial charge in [0.25, 0.3) is 0 Å². The van der Waals surface area contributed by atoms with Crippen LogP contribution in [0.25, 0.3) is 0 Å². The molecule has 0 aromatic rings. The van der Waals surface area contributed by atoms with E-state index in [0.717, 1.165) is 10.6 Å². The third-order valence-corrected chi connectivity index (χ3v) is 2.37. The zero-order chi connectivity index (χ0) is 9.72. The van der Waals surface area contributed by atoms with Gasteiger partial charge in [0, 0.05) is 11.1 Å². The molecule has 1 nitrogen and oxygen atoms in total. The Bertz CT molecular complexity index is 190. The van der Waals surface area contributed by atoms with Crippen LogP contribution >= 0.6 is 12.6 Å². The van der Waals surface area contributed by atoms with Crippen LogP contribution in [0.15, 0.2) is 15.6 Å². The van der Waals surface area contributed by atoms with Crippen molar-refractivity contribution in [1.29, 1.82) is 0 Å². The second kappa shape index (κ2) is 5.41. The van der Waals surface area contributed by atoms with E-state index in [2.05, 4.69) is 45.3 Å². The first-order valence-electron chi connectivity index (χ1n) is 4.42. The van der Waals surface area contributed by atoms with E-state index in [4.69, 9.17) is 0 Å². The lowest BCUT2D eigenvalue weighted by molar-refractivity contribution is 0.715. The van der Waals surface area contributed by atoms with Crippen molar-refractivity contribution in [3.63, 3.8) is 0 Å². The Morgan fingerprint density at radius 1 is 1.17 bits per heavy atom. The van der Waals surface area contributed by atoms with Crippen LogP contribution in [-0.4, -0.2) is 6.21 Å². The molecule has 0 aliphatic carbocycles. The Balaban J connectivity index is 4.80. The number of thiol groups is 1. The highest BCUT2D eigenvalue weighted by Crippen LogP contribution is 2.24. The van der Waals surface area contributed by atoms with Crippen molar-refractivity contribution < 1.29 is 0 Å². The van der Waals surface area contributed by atoms with Crippen molar-refractivity contribution in [3.05, 3.63) is 10.6 Å². The number of aliphatic imine (C=N–C) groups is 1. The van der Waals surface area contributed by atoms with Gasteiger partial charge in [-0.3, -0.25) is 4.99 Å². The molecular weight excluding hydrogens is 166 g/mol. The average molecular weight is 185 g/mol. The van der Waals surface area contributed by atoms with Crippen LogP contribution in [0.2, 0.25) is 0 Å². The summed E-state index contributed by atoms with van der Waals surface area (Å²) in [6.45, 7) is 10.5. The smallest absolute Gasteiger partial charge is 0.0519 e. The highest BCUT2D eigenvalue weighted by molar-refractivity contribution is 7.84. The molecule has 0 atom stereocenters. The Morgan fingerprint density at radius 3 is 1.92 bits per heavy atom. The standard InChI is InChI=1S/C10H19NS/c1-6-11-9(7(2)3)10(12)8(4)5/h6-8,12H,1-5H3/b10-9-,11-6-. The summed E-state index contributed by atoms with van der Waals surface area (Å²) in [7, 11) is 0. The van der Waals surface area contributed by atoms with Gasteiger partial charge in [0.2, 0.25) is 0 Å². The van der Waals surface area contributed by atoms with E-state index in [-0.39, 0.29) is 0 Å². The molecule has 0 aliphatic rings. The quantitative estimate of drug-likeness (QED) is 0.510. The molecule has 0 saturated heterocycles. The maximum atomic E-state index is 4.46. The van der Waals surface area contributed by atoms with Crippen molar-refractivity contribution in [2.24, 2.45) is 16.8 Å². The molecule has 0 bridgehead atoms. The fraction of sp³-hybridized carbons (Fsp3) is 0.700. The Kier molecular flexibility index (Phi) is 5.31. The van der Waals surface area contributed by atoms with Crippen LogP contribution in [0.4, 0.5) is 0 Å². The third-order valence-electron chi connectivity index (χ3n) is 1.62. The number of allylic oxidation sites excluding steroid dienone is 2. The van der Waals surface area contributed by atoms with E-state index in [0.29, 0.717) is 11.8 Å². The third kappa shape index (κ3) is 3.44. The van der Waals surface area contributed by atoms with E-state index >= 15 is 0 Å². The maximum absolute atomic E-state index is 4.46. The van der Waals surface area contributed by atoms with E-state index in [9.17, 15) is 0 Å². The summed E-state index contributed by atoms with van der Waals surface area (Å²) in [6, 6.07) is 0. The van der Waals surface area contributed by atoms with E-state index < -0.39 is 0 Å². The molecule has 0 aromatic heterocycles. The summed E-state index contributed by atoms with van der Waals surface area (Å²) in [5.74, 6) is 0.922. The summed E-state index contributed by atoms with van der Waals surface area (Å²) in [5, 5.41) is 0. The van der Waals surface area contributed by atoms with Gasteiger partial charge in [-0.1, -0.05) is 27.7 Å². The van der Waals surface area contributed by atoms with Gasteiger partial charge in [0.15, 0.2) is 0 Å². The first kappa shape index (κ1) is 11.8. The SMILES string of the molecule is C/C=N\C(=C(/S)C(C)C)C(C)C. The molecular formula is C10H19NS. The molecule has 70 valence electrons. The highest BCUT2D eigenvalue weighted by atomic mass is 32.1. The van der Waals surface area contributed by atoms with Gasteiger partial charge in [-0.25, -0.2) is 0 Å². The van der Waals surface area contributed by atoms with Crippen LogP contribution in [0.3, 0.4) is 0 Å². The van der Waals surface area contributed by atoms with Crippen LogP contribution in [0.1, 0.15) is 34.6 Å². The van der Waals surface area contributed by atoms with Crippen LogP contribution in [0.5, 0.6) is 0 Å². The monoisotopic (exact) mass is 185 g/mol. The number of hydrogen-bond donors (Lipinski definition) is 1. The van der Waals surface area contributed by atoms with E-state index in [1.54, 1.807) is 0 Å². The minimum absolute atomic E-state index is 0.455. The summed E-state index contributed by atoms with van der Waals surface area (Å²) in [6.07, 6.45) is 1.83. The summed E-state index contributed by atoms with van der Waals surface area (Å²) < 4.78 is 0. The van der Waals surface area contributed by atoms with Gasteiger partial charge < -0.3 is 0 Å². The maximum Gasteiger partial charge on any atom is 0.0519 e. The predicted octanol–water partition coefficient (Wildman–Crippen LogP) is 3.53. The normalized spacial score (nSPS) is 14.7. The molecule has 0 amide bonds. The first-order chi connectivity index (χ1) is 5.50. The zero-order valence-electron chi connectivity index (χ0n) is 8.63. The Labute approximate surface area is 81.4 Å². The minimum Gasteiger partial charge on any atom is -0.265 e. The number of hydrogen-bond acceptors (Lipinski definition) is 2.